The van der Waals surface area contributed by atoms with E-state index in [0.29, 0.717) is 12.8 Å². The summed E-state index contributed by atoms with van der Waals surface area (Å²) in [6.45, 7) is 4.53. The van der Waals surface area contributed by atoms with Gasteiger partial charge in [-0.15, -0.1) is 0 Å². The Morgan fingerprint density at radius 1 is 0.415 bits per heavy atom. The molecular formula is C36H68KNaO3. The molecule has 0 saturated carbocycles. The van der Waals surface area contributed by atoms with Crippen LogP contribution in [-0.4, -0.2) is 92.9 Å². The van der Waals surface area contributed by atoms with Crippen LogP contribution >= 0.6 is 0 Å². The zero-order chi connectivity index (χ0) is 28.5. The maximum atomic E-state index is 11.9. The molecule has 5 heteroatoms. The summed E-state index contributed by atoms with van der Waals surface area (Å²) in [5.41, 5.74) is 0. The SMILES string of the molecule is CCCCCCCC/C=C\CCCCCCCC(=O)OC(=O)CCCCCCC/C=C\CCCCCCCC.[KH].[NaH]. The van der Waals surface area contributed by atoms with Crippen LogP contribution in [0.25, 0.3) is 0 Å². The molecular weight excluding hydrogens is 542 g/mol. The van der Waals surface area contributed by atoms with Gasteiger partial charge in [-0.1, -0.05) is 141 Å². The van der Waals surface area contributed by atoms with E-state index in [0.717, 1.165) is 38.5 Å². The Morgan fingerprint density at radius 2 is 0.659 bits per heavy atom. The van der Waals surface area contributed by atoms with E-state index in [2.05, 4.69) is 38.2 Å². The number of allylic oxidation sites excluding steroid dienone is 4. The number of hydrogen-bond donors (Lipinski definition) is 0. The Morgan fingerprint density at radius 3 is 0.951 bits per heavy atom. The number of esters is 2. The Bertz CT molecular complexity index is 541. The van der Waals surface area contributed by atoms with Gasteiger partial charge < -0.3 is 4.74 Å². The summed E-state index contributed by atoms with van der Waals surface area (Å²) in [5.74, 6) is -0.684. The van der Waals surface area contributed by atoms with Gasteiger partial charge in [-0.05, 0) is 64.2 Å². The summed E-state index contributed by atoms with van der Waals surface area (Å²) >= 11 is 0. The molecule has 0 radical (unpaired) electrons. The summed E-state index contributed by atoms with van der Waals surface area (Å²) in [7, 11) is 0. The van der Waals surface area contributed by atoms with Crippen LogP contribution in [-0.2, 0) is 14.3 Å². The third-order valence-corrected chi connectivity index (χ3v) is 7.51. The van der Waals surface area contributed by atoms with Crippen LogP contribution in [0.15, 0.2) is 24.3 Å². The molecule has 0 rings (SSSR count). The minimum absolute atomic E-state index is 0. The van der Waals surface area contributed by atoms with Crippen LogP contribution in [0.2, 0.25) is 0 Å². The number of unbranched alkanes of at least 4 members (excludes halogenated alkanes) is 22. The van der Waals surface area contributed by atoms with Crippen LogP contribution in [0.3, 0.4) is 0 Å². The average molecular weight is 611 g/mol. The molecule has 0 fully saturated rings. The molecule has 232 valence electrons. The second-order valence-electron chi connectivity index (χ2n) is 11.5. The second kappa shape index (κ2) is 41.3. The van der Waals surface area contributed by atoms with E-state index in [1.165, 1.54) is 128 Å². The normalized spacial score (nSPS) is 11.1. The molecule has 41 heavy (non-hydrogen) atoms. The molecule has 0 aromatic heterocycles. The Hall–Kier alpha value is 1.26. The third kappa shape index (κ3) is 41.3. The quantitative estimate of drug-likeness (QED) is 0.0267. The Kier molecular flexibility index (Phi) is 47.0. The first-order valence-electron chi connectivity index (χ1n) is 17.2. The van der Waals surface area contributed by atoms with Crippen molar-refractivity contribution in [2.75, 3.05) is 0 Å². The Labute approximate surface area is 321 Å². The molecule has 0 amide bonds. The van der Waals surface area contributed by atoms with Crippen LogP contribution in [0.4, 0.5) is 0 Å². The molecule has 0 saturated heterocycles. The van der Waals surface area contributed by atoms with Crippen molar-refractivity contribution in [3.05, 3.63) is 24.3 Å². The van der Waals surface area contributed by atoms with E-state index in [1.54, 1.807) is 0 Å². The fraction of sp³-hybridized carbons (Fsp3) is 0.833. The number of rotatable bonds is 30. The van der Waals surface area contributed by atoms with E-state index in [9.17, 15) is 9.59 Å². The predicted molar refractivity (Wildman–Crippen MR) is 184 cm³/mol. The standard InChI is InChI=1S/C36H66O3.K.Na.2H/c1-3-5-7-9-11-13-15-17-19-21-23-25-27-29-31-33-35(37)39-36(38)34-32-30-28-26-24-22-20-18-16-14-12-10-8-6-4-2;;;;/h17-20H,3-16,21-34H2,1-2H3;;;;/b19-17-,20-18-;;;;. The molecule has 0 N–H and O–H groups in total. The number of ether oxygens (including phenoxy) is 1. The monoisotopic (exact) mass is 610 g/mol. The van der Waals surface area contributed by atoms with E-state index in [-0.39, 0.29) is 92.9 Å². The maximum absolute atomic E-state index is 11.9. The minimum atomic E-state index is -0.342. The fourth-order valence-corrected chi connectivity index (χ4v) is 4.91. The van der Waals surface area contributed by atoms with Gasteiger partial charge in [-0.3, -0.25) is 9.59 Å². The topological polar surface area (TPSA) is 43.4 Å². The zero-order valence-corrected chi connectivity index (χ0v) is 26.3. The van der Waals surface area contributed by atoms with Crippen LogP contribution in [0.5, 0.6) is 0 Å². The van der Waals surface area contributed by atoms with Gasteiger partial charge in [0.1, 0.15) is 0 Å². The van der Waals surface area contributed by atoms with E-state index >= 15 is 0 Å². The first kappa shape index (κ1) is 46.7. The van der Waals surface area contributed by atoms with Gasteiger partial charge in [0.05, 0.1) is 0 Å². The predicted octanol–water partition coefficient (Wildman–Crippen LogP) is 10.8. The van der Waals surface area contributed by atoms with Crippen LogP contribution < -0.4 is 0 Å². The summed E-state index contributed by atoms with van der Waals surface area (Å²) < 4.78 is 4.99. The van der Waals surface area contributed by atoms with Crippen molar-refractivity contribution in [3.63, 3.8) is 0 Å². The van der Waals surface area contributed by atoms with Gasteiger partial charge >= 0.3 is 92.9 Å². The molecule has 0 aromatic carbocycles. The third-order valence-electron chi connectivity index (χ3n) is 7.51. The molecule has 0 aromatic rings. The van der Waals surface area contributed by atoms with Crippen molar-refractivity contribution >= 4 is 92.9 Å². The van der Waals surface area contributed by atoms with Gasteiger partial charge in [0.25, 0.3) is 0 Å². The summed E-state index contributed by atoms with van der Waals surface area (Å²) in [6, 6.07) is 0. The van der Waals surface area contributed by atoms with Crippen molar-refractivity contribution in [1.29, 1.82) is 0 Å². The molecule has 0 unspecified atom stereocenters. The number of carbonyl (C=O) groups excluding carboxylic acids is 2. The van der Waals surface area contributed by atoms with Crippen molar-refractivity contribution in [3.8, 4) is 0 Å². The van der Waals surface area contributed by atoms with Crippen molar-refractivity contribution in [1.82, 2.24) is 0 Å². The molecule has 0 atom stereocenters. The van der Waals surface area contributed by atoms with E-state index in [4.69, 9.17) is 4.74 Å². The van der Waals surface area contributed by atoms with Crippen LogP contribution in [0.1, 0.15) is 194 Å². The summed E-state index contributed by atoms with van der Waals surface area (Å²) in [6.07, 6.45) is 42.2. The second-order valence-corrected chi connectivity index (χ2v) is 11.5. The molecule has 0 aliphatic rings. The van der Waals surface area contributed by atoms with Crippen LogP contribution in [0, 0.1) is 0 Å². The molecule has 0 spiro atoms. The summed E-state index contributed by atoms with van der Waals surface area (Å²) in [5, 5.41) is 0. The molecule has 0 heterocycles. The van der Waals surface area contributed by atoms with Crippen molar-refractivity contribution in [2.45, 2.75) is 194 Å². The number of carbonyl (C=O) groups is 2. The Balaban J connectivity index is -0.00000722. The zero-order valence-electron chi connectivity index (χ0n) is 26.3. The first-order valence-corrected chi connectivity index (χ1v) is 17.2. The number of hydrogen-bond acceptors (Lipinski definition) is 3. The van der Waals surface area contributed by atoms with Gasteiger partial charge in [0.15, 0.2) is 0 Å². The van der Waals surface area contributed by atoms with Gasteiger partial charge in [-0.25, -0.2) is 0 Å². The summed E-state index contributed by atoms with van der Waals surface area (Å²) in [4.78, 5) is 23.8. The fourth-order valence-electron chi connectivity index (χ4n) is 4.91. The first-order chi connectivity index (χ1) is 19.2. The average Bonchev–Trinajstić information content (AvgIpc) is 2.93. The molecule has 0 aliphatic carbocycles. The van der Waals surface area contributed by atoms with E-state index in [1.807, 2.05) is 0 Å². The van der Waals surface area contributed by atoms with Crippen molar-refractivity contribution < 1.29 is 14.3 Å². The molecule has 3 nitrogen and oxygen atoms in total. The van der Waals surface area contributed by atoms with Gasteiger partial charge in [0.2, 0.25) is 0 Å². The van der Waals surface area contributed by atoms with Gasteiger partial charge in [0, 0.05) is 12.8 Å². The van der Waals surface area contributed by atoms with E-state index < -0.39 is 0 Å². The molecule has 0 aliphatic heterocycles. The molecule has 0 bridgehead atoms. The van der Waals surface area contributed by atoms with Crippen molar-refractivity contribution in [2.24, 2.45) is 0 Å². The van der Waals surface area contributed by atoms with Gasteiger partial charge in [-0.2, -0.15) is 0 Å².